The molecule has 1 rings (SSSR count). The highest BCUT2D eigenvalue weighted by Crippen LogP contribution is 2.19. The lowest BCUT2D eigenvalue weighted by molar-refractivity contribution is -0.385. The van der Waals surface area contributed by atoms with Crippen molar-refractivity contribution in [3.63, 3.8) is 0 Å². The van der Waals surface area contributed by atoms with Gasteiger partial charge in [-0.25, -0.2) is 0 Å². The molecular formula is C12H16N2O2S. The van der Waals surface area contributed by atoms with Crippen molar-refractivity contribution in [1.82, 2.24) is 5.32 Å². The van der Waals surface area contributed by atoms with Gasteiger partial charge in [0.05, 0.1) is 4.92 Å². The second kappa shape index (κ2) is 6.30. The number of aryl methyl sites for hydroxylation is 1. The number of benzene rings is 1. The molecule has 0 bridgehead atoms. The van der Waals surface area contributed by atoms with Crippen LogP contribution in [0.1, 0.15) is 30.9 Å². The van der Waals surface area contributed by atoms with Crippen LogP contribution in [0.15, 0.2) is 18.2 Å². The van der Waals surface area contributed by atoms with Crippen molar-refractivity contribution in [1.29, 1.82) is 0 Å². The molecule has 0 saturated carbocycles. The Bertz CT molecular complexity index is 433. The maximum atomic E-state index is 10.8. The summed E-state index contributed by atoms with van der Waals surface area (Å²) in [5.74, 6) is 0. The smallest absolute Gasteiger partial charge is 0.273 e. The molecule has 0 amide bonds. The Kier molecular flexibility index (Phi) is 5.03. The van der Waals surface area contributed by atoms with Gasteiger partial charge >= 0.3 is 0 Å². The largest absolute Gasteiger partial charge is 0.376 e. The average Bonchev–Trinajstić information content (AvgIpc) is 2.29. The van der Waals surface area contributed by atoms with Crippen molar-refractivity contribution < 1.29 is 4.92 Å². The lowest BCUT2D eigenvalue weighted by Crippen LogP contribution is -2.23. The standard InChI is InChI=1S/C12H16N2O2S/c1-3-4-7-13-12(17)10-6-5-9(2)11(8-10)14(15)16/h5-6,8H,3-4,7H2,1-2H3,(H,13,17). The molecule has 0 unspecified atom stereocenters. The van der Waals surface area contributed by atoms with E-state index in [0.717, 1.165) is 19.4 Å². The molecule has 17 heavy (non-hydrogen) atoms. The van der Waals surface area contributed by atoms with E-state index < -0.39 is 0 Å². The van der Waals surface area contributed by atoms with E-state index in [0.29, 0.717) is 16.1 Å². The van der Waals surface area contributed by atoms with Crippen LogP contribution in [0.3, 0.4) is 0 Å². The fraction of sp³-hybridized carbons (Fsp3) is 0.417. The summed E-state index contributed by atoms with van der Waals surface area (Å²) in [5, 5.41) is 13.9. The van der Waals surface area contributed by atoms with Gasteiger partial charge in [-0.2, -0.15) is 0 Å². The molecular weight excluding hydrogens is 236 g/mol. The van der Waals surface area contributed by atoms with Crippen LogP contribution >= 0.6 is 12.2 Å². The summed E-state index contributed by atoms with van der Waals surface area (Å²) < 4.78 is 0. The Hall–Kier alpha value is -1.49. The van der Waals surface area contributed by atoms with Crippen LogP contribution in [0.25, 0.3) is 0 Å². The Balaban J connectivity index is 2.81. The molecule has 0 spiro atoms. The number of nitrogens with zero attached hydrogens (tertiary/aromatic N) is 1. The van der Waals surface area contributed by atoms with Crippen molar-refractivity contribution in [3.05, 3.63) is 39.4 Å². The van der Waals surface area contributed by atoms with Gasteiger partial charge in [0.2, 0.25) is 0 Å². The Morgan fingerprint density at radius 2 is 2.24 bits per heavy atom. The summed E-state index contributed by atoms with van der Waals surface area (Å²) in [6.07, 6.45) is 2.12. The van der Waals surface area contributed by atoms with Crippen molar-refractivity contribution in [2.24, 2.45) is 0 Å². The molecule has 1 aromatic rings. The Labute approximate surface area is 106 Å². The van der Waals surface area contributed by atoms with E-state index in [9.17, 15) is 10.1 Å². The van der Waals surface area contributed by atoms with Gasteiger partial charge in [0.15, 0.2) is 0 Å². The number of nitrogens with one attached hydrogen (secondary N) is 1. The Morgan fingerprint density at radius 3 is 2.82 bits per heavy atom. The minimum atomic E-state index is -0.381. The van der Waals surface area contributed by atoms with Gasteiger partial charge in [-0.15, -0.1) is 0 Å². The molecule has 0 atom stereocenters. The number of thiocarbonyl (C=S) groups is 1. The predicted molar refractivity (Wildman–Crippen MR) is 72.4 cm³/mol. The van der Waals surface area contributed by atoms with Gasteiger partial charge in [-0.05, 0) is 13.3 Å². The quantitative estimate of drug-likeness (QED) is 0.379. The molecule has 0 radical (unpaired) electrons. The van der Waals surface area contributed by atoms with E-state index in [4.69, 9.17) is 12.2 Å². The van der Waals surface area contributed by atoms with Crippen LogP contribution in [0, 0.1) is 17.0 Å². The third-order valence-corrected chi connectivity index (χ3v) is 2.86. The second-order valence-electron chi connectivity index (χ2n) is 3.87. The van der Waals surface area contributed by atoms with Gasteiger partial charge < -0.3 is 5.32 Å². The van der Waals surface area contributed by atoms with E-state index in [1.165, 1.54) is 6.07 Å². The maximum absolute atomic E-state index is 10.8. The molecule has 0 aliphatic heterocycles. The van der Waals surface area contributed by atoms with Gasteiger partial charge in [0, 0.05) is 23.7 Å². The number of unbranched alkanes of at least 4 members (excludes halogenated alkanes) is 1. The first kappa shape index (κ1) is 13.6. The van der Waals surface area contributed by atoms with E-state index in [1.54, 1.807) is 13.0 Å². The summed E-state index contributed by atoms with van der Waals surface area (Å²) in [5.41, 5.74) is 1.46. The third kappa shape index (κ3) is 3.78. The molecule has 92 valence electrons. The Morgan fingerprint density at radius 1 is 1.53 bits per heavy atom. The predicted octanol–water partition coefficient (Wildman–Crippen LogP) is 2.97. The average molecular weight is 252 g/mol. The molecule has 0 saturated heterocycles. The van der Waals surface area contributed by atoms with E-state index in [-0.39, 0.29) is 10.6 Å². The SMILES string of the molecule is CCCCNC(=S)c1ccc(C)c([N+](=O)[O-])c1. The number of hydrogen-bond acceptors (Lipinski definition) is 3. The van der Waals surface area contributed by atoms with Crippen LogP contribution in [-0.4, -0.2) is 16.5 Å². The van der Waals surface area contributed by atoms with Gasteiger partial charge in [0.1, 0.15) is 4.99 Å². The number of nitro groups is 1. The second-order valence-corrected chi connectivity index (χ2v) is 4.28. The fourth-order valence-electron chi connectivity index (χ4n) is 1.43. The minimum Gasteiger partial charge on any atom is -0.376 e. The molecule has 0 fully saturated rings. The lowest BCUT2D eigenvalue weighted by atomic mass is 10.1. The molecule has 1 aromatic carbocycles. The van der Waals surface area contributed by atoms with Crippen LogP contribution < -0.4 is 5.32 Å². The van der Waals surface area contributed by atoms with E-state index in [2.05, 4.69) is 12.2 Å². The van der Waals surface area contributed by atoms with Crippen molar-refractivity contribution >= 4 is 22.9 Å². The van der Waals surface area contributed by atoms with Crippen molar-refractivity contribution in [2.45, 2.75) is 26.7 Å². The zero-order valence-electron chi connectivity index (χ0n) is 10.0. The van der Waals surface area contributed by atoms with Crippen LogP contribution in [-0.2, 0) is 0 Å². The summed E-state index contributed by atoms with van der Waals surface area (Å²) in [7, 11) is 0. The fourth-order valence-corrected chi connectivity index (χ4v) is 1.66. The van der Waals surface area contributed by atoms with Crippen molar-refractivity contribution in [2.75, 3.05) is 6.54 Å². The van der Waals surface area contributed by atoms with Gasteiger partial charge in [0.25, 0.3) is 5.69 Å². The normalized spacial score (nSPS) is 10.0. The highest BCUT2D eigenvalue weighted by Gasteiger charge is 2.12. The third-order valence-electron chi connectivity index (χ3n) is 2.48. The first-order chi connectivity index (χ1) is 8.06. The topological polar surface area (TPSA) is 55.2 Å². The summed E-state index contributed by atoms with van der Waals surface area (Å²) in [4.78, 5) is 11.0. The van der Waals surface area contributed by atoms with E-state index in [1.807, 2.05) is 6.07 Å². The first-order valence-electron chi connectivity index (χ1n) is 5.59. The molecule has 0 heterocycles. The zero-order valence-corrected chi connectivity index (χ0v) is 10.8. The number of nitro benzene ring substituents is 1. The molecule has 0 aliphatic carbocycles. The highest BCUT2D eigenvalue weighted by molar-refractivity contribution is 7.80. The molecule has 0 aliphatic rings. The monoisotopic (exact) mass is 252 g/mol. The minimum absolute atomic E-state index is 0.113. The van der Waals surface area contributed by atoms with E-state index >= 15 is 0 Å². The van der Waals surface area contributed by atoms with Crippen molar-refractivity contribution in [3.8, 4) is 0 Å². The summed E-state index contributed by atoms with van der Waals surface area (Å²) in [6, 6.07) is 5.06. The molecule has 4 nitrogen and oxygen atoms in total. The zero-order chi connectivity index (χ0) is 12.8. The van der Waals surface area contributed by atoms with Crippen LogP contribution in [0.2, 0.25) is 0 Å². The van der Waals surface area contributed by atoms with Gasteiger partial charge in [-0.3, -0.25) is 10.1 Å². The number of rotatable bonds is 5. The summed E-state index contributed by atoms with van der Waals surface area (Å²) >= 11 is 5.19. The van der Waals surface area contributed by atoms with Gasteiger partial charge in [-0.1, -0.05) is 37.7 Å². The lowest BCUT2D eigenvalue weighted by Gasteiger charge is -2.07. The van der Waals surface area contributed by atoms with Crippen LogP contribution in [0.4, 0.5) is 5.69 Å². The summed E-state index contributed by atoms with van der Waals surface area (Å²) in [6.45, 7) is 4.62. The molecule has 5 heteroatoms. The molecule has 0 aromatic heterocycles. The van der Waals surface area contributed by atoms with Crippen LogP contribution in [0.5, 0.6) is 0 Å². The first-order valence-corrected chi connectivity index (χ1v) is 6.00. The highest BCUT2D eigenvalue weighted by atomic mass is 32.1. The maximum Gasteiger partial charge on any atom is 0.273 e. The number of hydrogen-bond donors (Lipinski definition) is 1. The molecule has 1 N–H and O–H groups in total.